The first kappa shape index (κ1) is 20.8. The van der Waals surface area contributed by atoms with Gasteiger partial charge in [0, 0.05) is 25.3 Å². The Bertz CT molecular complexity index is 1120. The first-order valence-electron chi connectivity index (χ1n) is 9.73. The first-order valence-corrected chi connectivity index (χ1v) is 11.9. The minimum Gasteiger partial charge on any atom is -0.456 e. The zero-order valence-electron chi connectivity index (χ0n) is 16.3. The number of sulfone groups is 1. The third-order valence-corrected chi connectivity index (χ3v) is 6.99. The molecule has 9 heteroatoms. The Labute approximate surface area is 180 Å². The number of aliphatic hydroxyl groups is 1. The van der Waals surface area contributed by atoms with Crippen LogP contribution in [0.25, 0.3) is 0 Å². The van der Waals surface area contributed by atoms with Crippen LogP contribution in [0.15, 0.2) is 46.4 Å². The Hall–Kier alpha value is -2.42. The Morgan fingerprint density at radius 3 is 2.93 bits per heavy atom. The van der Waals surface area contributed by atoms with Gasteiger partial charge in [-0.05, 0) is 42.7 Å². The zero-order valence-corrected chi connectivity index (χ0v) is 17.9. The van der Waals surface area contributed by atoms with E-state index in [2.05, 4.69) is 9.98 Å². The maximum Gasteiger partial charge on any atom is 0.154 e. The predicted octanol–water partition coefficient (Wildman–Crippen LogP) is 3.56. The topological polar surface area (TPSA) is 91.6 Å². The lowest BCUT2D eigenvalue weighted by molar-refractivity contribution is 0.295. The second-order valence-electron chi connectivity index (χ2n) is 7.18. The average Bonchev–Trinajstić information content (AvgIpc) is 2.75. The molecule has 2 heterocycles. The van der Waals surface area contributed by atoms with Gasteiger partial charge in [0.15, 0.2) is 9.84 Å². The van der Waals surface area contributed by atoms with E-state index in [-0.39, 0.29) is 29.6 Å². The first-order chi connectivity index (χ1) is 14.5. The highest BCUT2D eigenvalue weighted by Gasteiger charge is 2.23. The van der Waals surface area contributed by atoms with Crippen LogP contribution in [0.5, 0.6) is 11.5 Å². The normalized spacial score (nSPS) is 15.4. The van der Waals surface area contributed by atoms with Crippen LogP contribution in [-0.2, 0) is 15.6 Å². The largest absolute Gasteiger partial charge is 0.456 e. The quantitative estimate of drug-likeness (QED) is 0.700. The number of aliphatic hydroxyl groups excluding tert-OH is 1. The van der Waals surface area contributed by atoms with E-state index < -0.39 is 9.84 Å². The van der Waals surface area contributed by atoms with Crippen molar-refractivity contribution in [1.29, 1.82) is 0 Å². The summed E-state index contributed by atoms with van der Waals surface area (Å²) in [5, 5.41) is 9.15. The van der Waals surface area contributed by atoms with Crippen molar-refractivity contribution in [2.75, 3.05) is 25.4 Å². The lowest BCUT2D eigenvalue weighted by Gasteiger charge is -2.29. The molecule has 0 unspecified atom stereocenters. The number of fused-ring (bicyclic) bond motifs is 3. The van der Waals surface area contributed by atoms with Gasteiger partial charge in [-0.1, -0.05) is 23.7 Å². The van der Waals surface area contributed by atoms with Crippen molar-refractivity contribution in [2.24, 2.45) is 9.98 Å². The second kappa shape index (κ2) is 8.75. The zero-order chi connectivity index (χ0) is 21.1. The number of hydrogen-bond donors (Lipinski definition) is 1. The maximum absolute atomic E-state index is 12.2. The summed E-state index contributed by atoms with van der Waals surface area (Å²) in [6, 6.07) is 10.6. The molecule has 0 saturated heterocycles. The summed E-state index contributed by atoms with van der Waals surface area (Å²) in [4.78, 5) is 11.1. The standard InChI is InChI=1S/C21H22ClN3O4S/c22-20-15(13-30(27,28)11-3-10-26)4-1-5-19(20)29-16-6-7-18-17(12-16)21-23-8-2-9-25(21)14-24-18/h1,4-7,12,14,26H,2-3,8-11,13H2. The fraction of sp³-hybridized carbons (Fsp3) is 0.333. The van der Waals surface area contributed by atoms with E-state index in [9.17, 15) is 8.42 Å². The number of rotatable bonds is 7. The number of aliphatic imine (C=N–C) groups is 2. The van der Waals surface area contributed by atoms with Crippen LogP contribution in [0.2, 0.25) is 5.02 Å². The van der Waals surface area contributed by atoms with Gasteiger partial charge < -0.3 is 14.7 Å². The third kappa shape index (κ3) is 4.50. The SMILES string of the molecule is O=S(=O)(CCCO)Cc1cccc(Oc2ccc3c(c2)C2=NCCCN2C=N3)c1Cl. The Balaban J connectivity index is 1.59. The van der Waals surface area contributed by atoms with Crippen molar-refractivity contribution >= 4 is 39.3 Å². The Morgan fingerprint density at radius 2 is 2.10 bits per heavy atom. The van der Waals surface area contributed by atoms with Crippen molar-refractivity contribution in [3.63, 3.8) is 0 Å². The molecule has 0 radical (unpaired) electrons. The van der Waals surface area contributed by atoms with E-state index in [0.717, 1.165) is 36.6 Å². The molecule has 1 N–H and O–H groups in total. The highest BCUT2D eigenvalue weighted by molar-refractivity contribution is 7.90. The molecule has 2 aromatic rings. The summed E-state index contributed by atoms with van der Waals surface area (Å²) in [5.74, 6) is 1.55. The van der Waals surface area contributed by atoms with Gasteiger partial charge in [0.1, 0.15) is 17.3 Å². The number of ether oxygens (including phenoxy) is 1. The van der Waals surface area contributed by atoms with Gasteiger partial charge >= 0.3 is 0 Å². The van der Waals surface area contributed by atoms with Crippen molar-refractivity contribution in [3.05, 3.63) is 52.5 Å². The van der Waals surface area contributed by atoms with Gasteiger partial charge in [-0.3, -0.25) is 4.99 Å². The number of benzene rings is 2. The molecule has 0 fully saturated rings. The smallest absolute Gasteiger partial charge is 0.154 e. The molecule has 0 atom stereocenters. The van der Waals surface area contributed by atoms with Crippen LogP contribution in [-0.4, -0.2) is 56.0 Å². The fourth-order valence-corrected chi connectivity index (χ4v) is 5.18. The van der Waals surface area contributed by atoms with Crippen LogP contribution in [0.4, 0.5) is 5.69 Å². The van der Waals surface area contributed by atoms with Crippen LogP contribution >= 0.6 is 11.6 Å². The molecule has 2 aliphatic heterocycles. The monoisotopic (exact) mass is 447 g/mol. The molecule has 0 spiro atoms. The van der Waals surface area contributed by atoms with Crippen LogP contribution in [0.1, 0.15) is 24.0 Å². The molecule has 0 saturated carbocycles. The highest BCUT2D eigenvalue weighted by Crippen LogP contribution is 2.36. The molecule has 0 aliphatic carbocycles. The molecule has 30 heavy (non-hydrogen) atoms. The van der Waals surface area contributed by atoms with Crippen molar-refractivity contribution in [3.8, 4) is 11.5 Å². The van der Waals surface area contributed by atoms with Gasteiger partial charge in [-0.25, -0.2) is 13.4 Å². The van der Waals surface area contributed by atoms with Gasteiger partial charge in [-0.15, -0.1) is 0 Å². The van der Waals surface area contributed by atoms with Crippen molar-refractivity contribution in [1.82, 2.24) is 4.90 Å². The summed E-state index contributed by atoms with van der Waals surface area (Å²) in [5.41, 5.74) is 2.19. The fourth-order valence-electron chi connectivity index (χ4n) is 3.44. The van der Waals surface area contributed by atoms with E-state index in [4.69, 9.17) is 21.4 Å². The van der Waals surface area contributed by atoms with E-state index >= 15 is 0 Å². The third-order valence-electron chi connectivity index (χ3n) is 4.90. The molecule has 2 aliphatic rings. The van der Waals surface area contributed by atoms with Gasteiger partial charge in [-0.2, -0.15) is 0 Å². The molecule has 0 aromatic heterocycles. The molecule has 7 nitrogen and oxygen atoms in total. The van der Waals surface area contributed by atoms with Crippen molar-refractivity contribution in [2.45, 2.75) is 18.6 Å². The summed E-state index contributed by atoms with van der Waals surface area (Å²) in [6.45, 7) is 1.50. The minimum atomic E-state index is -3.37. The summed E-state index contributed by atoms with van der Waals surface area (Å²) < 4.78 is 30.5. The summed E-state index contributed by atoms with van der Waals surface area (Å²) in [7, 11) is -3.37. The van der Waals surface area contributed by atoms with Gasteiger partial charge in [0.2, 0.25) is 0 Å². The number of hydrogen-bond acceptors (Lipinski definition) is 7. The molecular formula is C21H22ClN3O4S. The molecule has 2 aromatic carbocycles. The molecule has 158 valence electrons. The number of nitrogens with zero attached hydrogens (tertiary/aromatic N) is 3. The van der Waals surface area contributed by atoms with Crippen LogP contribution in [0.3, 0.4) is 0 Å². The van der Waals surface area contributed by atoms with E-state index in [1.54, 1.807) is 30.6 Å². The average molecular weight is 448 g/mol. The minimum absolute atomic E-state index is 0.0884. The molecule has 0 bridgehead atoms. The number of halogens is 1. The van der Waals surface area contributed by atoms with Gasteiger partial charge in [0.05, 0.1) is 28.6 Å². The Kier molecular flexibility index (Phi) is 6.08. The Morgan fingerprint density at radius 1 is 1.23 bits per heavy atom. The van der Waals surface area contributed by atoms with E-state index in [1.807, 2.05) is 17.0 Å². The molecule has 0 amide bonds. The van der Waals surface area contributed by atoms with Crippen LogP contribution < -0.4 is 4.74 Å². The van der Waals surface area contributed by atoms with Gasteiger partial charge in [0.25, 0.3) is 0 Å². The van der Waals surface area contributed by atoms with Crippen molar-refractivity contribution < 1.29 is 18.3 Å². The maximum atomic E-state index is 12.2. The summed E-state index contributed by atoms with van der Waals surface area (Å²) >= 11 is 6.46. The highest BCUT2D eigenvalue weighted by atomic mass is 35.5. The second-order valence-corrected chi connectivity index (χ2v) is 9.74. The van der Waals surface area contributed by atoms with E-state index in [0.29, 0.717) is 17.1 Å². The summed E-state index contributed by atoms with van der Waals surface area (Å²) in [6.07, 6.45) is 3.00. The predicted molar refractivity (Wildman–Crippen MR) is 118 cm³/mol. The molecular weight excluding hydrogens is 426 g/mol. The number of amidine groups is 1. The van der Waals surface area contributed by atoms with E-state index in [1.165, 1.54) is 0 Å². The lowest BCUT2D eigenvalue weighted by atomic mass is 10.1. The van der Waals surface area contributed by atoms with Crippen LogP contribution in [0, 0.1) is 0 Å². The lowest BCUT2D eigenvalue weighted by Crippen LogP contribution is -2.36. The molecule has 4 rings (SSSR count).